The van der Waals surface area contributed by atoms with Crippen molar-refractivity contribution >= 4 is 28.1 Å². The van der Waals surface area contributed by atoms with Crippen molar-refractivity contribution in [2.24, 2.45) is 5.92 Å². The molecule has 0 bridgehead atoms. The number of rotatable bonds is 5. The summed E-state index contributed by atoms with van der Waals surface area (Å²) < 4.78 is 23.3. The molecule has 0 aliphatic carbocycles. The van der Waals surface area contributed by atoms with E-state index in [1.807, 2.05) is 0 Å². The highest BCUT2D eigenvalue weighted by Gasteiger charge is 2.21. The van der Waals surface area contributed by atoms with Gasteiger partial charge >= 0.3 is 0 Å². The third-order valence-corrected chi connectivity index (χ3v) is 4.35. The third-order valence-electron chi connectivity index (χ3n) is 3.91. The second-order valence-electron chi connectivity index (χ2n) is 5.18. The first-order valence-corrected chi connectivity index (χ1v) is 8.03. The molecule has 114 valence electrons. The standard InChI is InChI=1S/C12H18N6O2S/c19-21(20)16-4-1-9-2-5-18(6-3-9)12-11-10(7-15-17-11)13-8-14-12/h7-9,16H,1-6H2,(H,15,17)(H,19,20)/p-1. The minimum Gasteiger partial charge on any atom is -0.760 e. The van der Waals surface area contributed by atoms with Gasteiger partial charge in [-0.3, -0.25) is 9.31 Å². The number of nitrogens with one attached hydrogen (secondary N) is 2. The topological polar surface area (TPSA) is 110 Å². The highest BCUT2D eigenvalue weighted by Crippen LogP contribution is 2.26. The molecule has 0 saturated carbocycles. The van der Waals surface area contributed by atoms with E-state index in [0.29, 0.717) is 12.5 Å². The molecule has 8 nitrogen and oxygen atoms in total. The maximum Gasteiger partial charge on any atom is 0.158 e. The van der Waals surface area contributed by atoms with Crippen LogP contribution in [0.3, 0.4) is 0 Å². The summed E-state index contributed by atoms with van der Waals surface area (Å²) in [6.45, 7) is 2.34. The zero-order chi connectivity index (χ0) is 14.7. The Morgan fingerprint density at radius 3 is 3.00 bits per heavy atom. The van der Waals surface area contributed by atoms with Crippen LogP contribution in [-0.4, -0.2) is 48.6 Å². The van der Waals surface area contributed by atoms with Crippen molar-refractivity contribution in [3.63, 3.8) is 0 Å². The largest absolute Gasteiger partial charge is 0.760 e. The van der Waals surface area contributed by atoms with Crippen LogP contribution >= 0.6 is 0 Å². The molecule has 2 N–H and O–H groups in total. The number of aromatic nitrogens is 4. The Kier molecular flexibility index (Phi) is 4.42. The smallest absolute Gasteiger partial charge is 0.158 e. The lowest BCUT2D eigenvalue weighted by Gasteiger charge is -2.32. The van der Waals surface area contributed by atoms with Crippen LogP contribution in [0.2, 0.25) is 0 Å². The number of piperidine rings is 1. The molecule has 3 rings (SSSR count). The molecule has 1 saturated heterocycles. The molecule has 1 fully saturated rings. The van der Waals surface area contributed by atoms with Crippen LogP contribution in [0.15, 0.2) is 12.5 Å². The Morgan fingerprint density at radius 2 is 2.24 bits per heavy atom. The molecule has 0 amide bonds. The Morgan fingerprint density at radius 1 is 1.43 bits per heavy atom. The van der Waals surface area contributed by atoms with E-state index in [2.05, 4.69) is 29.8 Å². The Bertz CT molecular complexity index is 625. The van der Waals surface area contributed by atoms with Crippen molar-refractivity contribution in [3.8, 4) is 0 Å². The van der Waals surface area contributed by atoms with E-state index in [1.165, 1.54) is 0 Å². The highest BCUT2D eigenvalue weighted by molar-refractivity contribution is 7.77. The van der Waals surface area contributed by atoms with Gasteiger partial charge in [0, 0.05) is 30.9 Å². The highest BCUT2D eigenvalue weighted by atomic mass is 32.2. The second-order valence-corrected chi connectivity index (χ2v) is 5.93. The molecular weight excluding hydrogens is 292 g/mol. The lowest BCUT2D eigenvalue weighted by Crippen LogP contribution is -2.35. The summed E-state index contributed by atoms with van der Waals surface area (Å²) in [5.41, 5.74) is 1.70. The summed E-state index contributed by atoms with van der Waals surface area (Å²) in [7, 11) is 0. The number of aromatic amines is 1. The van der Waals surface area contributed by atoms with Gasteiger partial charge in [-0.2, -0.15) is 5.10 Å². The fourth-order valence-corrected chi connectivity index (χ4v) is 3.06. The molecule has 0 spiro atoms. The van der Waals surface area contributed by atoms with Crippen LogP contribution in [-0.2, 0) is 11.3 Å². The molecule has 1 aliphatic heterocycles. The first-order chi connectivity index (χ1) is 10.2. The van der Waals surface area contributed by atoms with Gasteiger partial charge in [0.05, 0.1) is 6.20 Å². The van der Waals surface area contributed by atoms with Gasteiger partial charge in [0.25, 0.3) is 0 Å². The minimum absolute atomic E-state index is 0.513. The Balaban J connectivity index is 1.58. The molecule has 1 aliphatic rings. The average Bonchev–Trinajstić information content (AvgIpc) is 2.96. The zero-order valence-corrected chi connectivity index (χ0v) is 12.3. The van der Waals surface area contributed by atoms with Gasteiger partial charge in [-0.1, -0.05) is 0 Å². The van der Waals surface area contributed by atoms with Crippen LogP contribution in [0.1, 0.15) is 19.3 Å². The predicted octanol–water partition coefficient (Wildman–Crippen LogP) is 0.343. The van der Waals surface area contributed by atoms with Gasteiger partial charge in [-0.15, -0.1) is 0 Å². The number of hydrogen-bond acceptors (Lipinski definition) is 6. The van der Waals surface area contributed by atoms with E-state index < -0.39 is 11.3 Å². The van der Waals surface area contributed by atoms with Crippen LogP contribution in [0.25, 0.3) is 11.0 Å². The lowest BCUT2D eigenvalue weighted by molar-refractivity contribution is 0.380. The van der Waals surface area contributed by atoms with Gasteiger partial charge in [0.1, 0.15) is 17.4 Å². The number of hydrogen-bond donors (Lipinski definition) is 2. The van der Waals surface area contributed by atoms with Gasteiger partial charge < -0.3 is 9.45 Å². The molecule has 2 aromatic rings. The van der Waals surface area contributed by atoms with E-state index in [-0.39, 0.29) is 0 Å². The fourth-order valence-electron chi connectivity index (χ4n) is 2.77. The van der Waals surface area contributed by atoms with Gasteiger partial charge in [0.15, 0.2) is 5.82 Å². The number of H-pyrrole nitrogens is 1. The minimum atomic E-state index is -2.16. The molecule has 9 heteroatoms. The van der Waals surface area contributed by atoms with E-state index in [9.17, 15) is 8.76 Å². The molecule has 3 heterocycles. The summed E-state index contributed by atoms with van der Waals surface area (Å²) in [6, 6.07) is 0. The fraction of sp³-hybridized carbons (Fsp3) is 0.583. The van der Waals surface area contributed by atoms with Crippen LogP contribution in [0.4, 0.5) is 5.82 Å². The monoisotopic (exact) mass is 309 g/mol. The van der Waals surface area contributed by atoms with E-state index in [1.54, 1.807) is 12.5 Å². The van der Waals surface area contributed by atoms with Crippen molar-refractivity contribution in [2.45, 2.75) is 19.3 Å². The summed E-state index contributed by atoms with van der Waals surface area (Å²) in [5.74, 6) is 1.45. The third kappa shape index (κ3) is 3.36. The second kappa shape index (κ2) is 6.46. The SMILES string of the molecule is O=S([O-])NCCC1CCN(c2ncnc3cn[nH]c23)CC1. The number of fused-ring (bicyclic) bond motifs is 1. The molecule has 1 unspecified atom stereocenters. The first kappa shape index (κ1) is 14.4. The summed E-state index contributed by atoms with van der Waals surface area (Å²) >= 11 is -2.16. The predicted molar refractivity (Wildman–Crippen MR) is 78.2 cm³/mol. The van der Waals surface area contributed by atoms with E-state index in [4.69, 9.17) is 0 Å². The Labute approximate surface area is 124 Å². The van der Waals surface area contributed by atoms with Crippen LogP contribution in [0.5, 0.6) is 0 Å². The number of nitrogens with zero attached hydrogens (tertiary/aromatic N) is 4. The molecule has 0 radical (unpaired) electrons. The van der Waals surface area contributed by atoms with Crippen molar-refractivity contribution in [2.75, 3.05) is 24.5 Å². The Hall–Kier alpha value is -1.58. The maximum atomic E-state index is 10.4. The lowest BCUT2D eigenvalue weighted by atomic mass is 9.93. The van der Waals surface area contributed by atoms with Gasteiger partial charge in [-0.25, -0.2) is 14.7 Å². The molecule has 1 atom stereocenters. The van der Waals surface area contributed by atoms with Crippen molar-refractivity contribution in [1.82, 2.24) is 24.9 Å². The van der Waals surface area contributed by atoms with Crippen molar-refractivity contribution in [1.29, 1.82) is 0 Å². The average molecular weight is 309 g/mol. The molecule has 2 aromatic heterocycles. The van der Waals surface area contributed by atoms with Crippen LogP contribution in [0, 0.1) is 5.92 Å². The first-order valence-electron chi connectivity index (χ1n) is 6.96. The number of anilines is 1. The summed E-state index contributed by atoms with van der Waals surface area (Å²) in [6.07, 6.45) is 6.21. The maximum absolute atomic E-state index is 10.4. The van der Waals surface area contributed by atoms with Gasteiger partial charge in [0.2, 0.25) is 0 Å². The quantitative estimate of drug-likeness (QED) is 0.771. The summed E-state index contributed by atoms with van der Waals surface area (Å²) in [4.78, 5) is 10.8. The van der Waals surface area contributed by atoms with Crippen LogP contribution < -0.4 is 9.62 Å². The summed E-state index contributed by atoms with van der Waals surface area (Å²) in [5, 5.41) is 6.96. The molecule has 21 heavy (non-hydrogen) atoms. The van der Waals surface area contributed by atoms with Gasteiger partial charge in [-0.05, 0) is 25.2 Å². The van der Waals surface area contributed by atoms with Crippen molar-refractivity contribution in [3.05, 3.63) is 12.5 Å². The molecule has 0 aromatic carbocycles. The molecular formula is C12H17N6O2S-. The zero-order valence-electron chi connectivity index (χ0n) is 11.5. The van der Waals surface area contributed by atoms with E-state index >= 15 is 0 Å². The normalized spacial score (nSPS) is 18.2. The van der Waals surface area contributed by atoms with E-state index in [0.717, 1.165) is 49.2 Å². The van der Waals surface area contributed by atoms with Crippen molar-refractivity contribution < 1.29 is 8.76 Å².